The van der Waals surface area contributed by atoms with Gasteiger partial charge in [-0.2, -0.15) is 0 Å². The van der Waals surface area contributed by atoms with E-state index in [0.717, 1.165) is 12.5 Å². The van der Waals surface area contributed by atoms with Crippen LogP contribution in [0.2, 0.25) is 5.15 Å². The zero-order valence-corrected chi connectivity index (χ0v) is 11.3. The summed E-state index contributed by atoms with van der Waals surface area (Å²) in [6.07, 6.45) is 8.95. The second-order valence-electron chi connectivity index (χ2n) is 5.19. The van der Waals surface area contributed by atoms with Gasteiger partial charge in [-0.1, -0.05) is 36.9 Å². The molecule has 1 aliphatic carbocycles. The van der Waals surface area contributed by atoms with Crippen molar-refractivity contribution < 1.29 is 0 Å². The van der Waals surface area contributed by atoms with Gasteiger partial charge in [0.1, 0.15) is 5.15 Å². The van der Waals surface area contributed by atoms with Crippen molar-refractivity contribution in [2.45, 2.75) is 38.6 Å². The quantitative estimate of drug-likeness (QED) is 0.759. The summed E-state index contributed by atoms with van der Waals surface area (Å²) in [5, 5.41) is 0.573. The largest absolute Gasteiger partial charge is 0.302 e. The number of hydrogen-bond acceptors (Lipinski definition) is 2. The van der Waals surface area contributed by atoms with Crippen molar-refractivity contribution in [3.63, 3.8) is 0 Å². The van der Waals surface area contributed by atoms with Gasteiger partial charge in [0.05, 0.1) is 0 Å². The zero-order valence-electron chi connectivity index (χ0n) is 10.5. The Morgan fingerprint density at radius 2 is 2.06 bits per heavy atom. The van der Waals surface area contributed by atoms with E-state index in [-0.39, 0.29) is 0 Å². The normalized spacial score (nSPS) is 17.6. The first kappa shape index (κ1) is 12.8. The molecule has 1 fully saturated rings. The van der Waals surface area contributed by atoms with Crippen LogP contribution in [0.4, 0.5) is 0 Å². The van der Waals surface area contributed by atoms with Crippen LogP contribution in [0.5, 0.6) is 0 Å². The molecule has 0 aromatic carbocycles. The van der Waals surface area contributed by atoms with Crippen molar-refractivity contribution in [3.8, 4) is 0 Å². The molecule has 0 bridgehead atoms. The highest BCUT2D eigenvalue weighted by Gasteiger charge is 2.15. The van der Waals surface area contributed by atoms with Crippen LogP contribution < -0.4 is 0 Å². The Labute approximate surface area is 109 Å². The predicted molar refractivity (Wildman–Crippen MR) is 72.2 cm³/mol. The van der Waals surface area contributed by atoms with Crippen LogP contribution in [0.1, 0.15) is 37.7 Å². The van der Waals surface area contributed by atoms with Crippen LogP contribution in [0, 0.1) is 5.92 Å². The van der Waals surface area contributed by atoms with Crippen molar-refractivity contribution >= 4 is 11.6 Å². The maximum absolute atomic E-state index is 5.78. The molecule has 0 saturated heterocycles. The fraction of sp³-hybridized carbons (Fsp3) is 0.643. The summed E-state index contributed by atoms with van der Waals surface area (Å²) in [5.41, 5.74) is 1.24. The van der Waals surface area contributed by atoms with Crippen LogP contribution in [0.3, 0.4) is 0 Å². The summed E-state index contributed by atoms with van der Waals surface area (Å²) in [6, 6.07) is 3.93. The summed E-state index contributed by atoms with van der Waals surface area (Å²) in [7, 11) is 2.20. The minimum absolute atomic E-state index is 0.573. The van der Waals surface area contributed by atoms with Gasteiger partial charge in [0.25, 0.3) is 0 Å². The second kappa shape index (κ2) is 6.36. The number of pyridine rings is 1. The minimum atomic E-state index is 0.573. The third-order valence-electron chi connectivity index (χ3n) is 3.54. The lowest BCUT2D eigenvalue weighted by Gasteiger charge is -2.26. The van der Waals surface area contributed by atoms with Crippen molar-refractivity contribution in [2.75, 3.05) is 13.6 Å². The van der Waals surface area contributed by atoms with E-state index in [1.165, 1.54) is 44.2 Å². The lowest BCUT2D eigenvalue weighted by Crippen LogP contribution is -2.26. The molecule has 1 saturated carbocycles. The first-order chi connectivity index (χ1) is 8.24. The molecule has 1 heterocycles. The Morgan fingerprint density at radius 1 is 1.29 bits per heavy atom. The van der Waals surface area contributed by atoms with E-state index in [2.05, 4.69) is 23.0 Å². The Bertz CT molecular complexity index is 331. The average Bonchev–Trinajstić information content (AvgIpc) is 2.33. The van der Waals surface area contributed by atoms with E-state index in [1.807, 2.05) is 12.3 Å². The third kappa shape index (κ3) is 4.29. The summed E-state index contributed by atoms with van der Waals surface area (Å²) >= 11 is 5.78. The van der Waals surface area contributed by atoms with Crippen LogP contribution in [0.15, 0.2) is 18.3 Å². The lowest BCUT2D eigenvalue weighted by molar-refractivity contribution is 0.228. The molecule has 1 aliphatic rings. The molecule has 1 aromatic rings. The molecule has 0 atom stereocenters. The SMILES string of the molecule is CN(Cc1ccc(Cl)nc1)CC1CCCCC1. The summed E-state index contributed by atoms with van der Waals surface area (Å²) in [4.78, 5) is 6.52. The zero-order chi connectivity index (χ0) is 12.1. The molecule has 2 rings (SSSR count). The van der Waals surface area contributed by atoms with Crippen molar-refractivity contribution in [3.05, 3.63) is 29.0 Å². The Hall–Kier alpha value is -0.600. The highest BCUT2D eigenvalue weighted by molar-refractivity contribution is 6.29. The standard InChI is InChI=1S/C14H21ClN2/c1-17(10-12-5-3-2-4-6-12)11-13-7-8-14(15)16-9-13/h7-9,12H,2-6,10-11H2,1H3. The number of halogens is 1. The summed E-state index contributed by atoms with van der Waals surface area (Å²) in [5.74, 6) is 0.897. The molecule has 94 valence electrons. The summed E-state index contributed by atoms with van der Waals surface area (Å²) in [6.45, 7) is 2.18. The third-order valence-corrected chi connectivity index (χ3v) is 3.76. The number of rotatable bonds is 4. The molecule has 0 aliphatic heterocycles. The molecule has 0 spiro atoms. The molecular weight excluding hydrogens is 232 g/mol. The highest BCUT2D eigenvalue weighted by Crippen LogP contribution is 2.24. The molecule has 0 N–H and O–H groups in total. The first-order valence-electron chi connectivity index (χ1n) is 6.53. The van der Waals surface area contributed by atoms with E-state index in [0.29, 0.717) is 5.15 Å². The maximum atomic E-state index is 5.78. The van der Waals surface area contributed by atoms with Gasteiger partial charge in [-0.15, -0.1) is 0 Å². The van der Waals surface area contributed by atoms with Gasteiger partial charge in [-0.25, -0.2) is 4.98 Å². The van der Waals surface area contributed by atoms with Crippen molar-refractivity contribution in [2.24, 2.45) is 5.92 Å². The van der Waals surface area contributed by atoms with Crippen LogP contribution in [-0.4, -0.2) is 23.5 Å². The van der Waals surface area contributed by atoms with E-state index in [9.17, 15) is 0 Å². The van der Waals surface area contributed by atoms with Gasteiger partial charge in [0.2, 0.25) is 0 Å². The second-order valence-corrected chi connectivity index (χ2v) is 5.58. The van der Waals surface area contributed by atoms with Crippen LogP contribution in [0.25, 0.3) is 0 Å². The topological polar surface area (TPSA) is 16.1 Å². The predicted octanol–water partition coefficient (Wildman–Crippen LogP) is 3.75. The molecule has 1 aromatic heterocycles. The molecule has 17 heavy (non-hydrogen) atoms. The molecule has 3 heteroatoms. The fourth-order valence-corrected chi connectivity index (χ4v) is 2.80. The average molecular weight is 253 g/mol. The summed E-state index contributed by atoms with van der Waals surface area (Å²) < 4.78 is 0. The van der Waals surface area contributed by atoms with E-state index < -0.39 is 0 Å². The molecule has 2 nitrogen and oxygen atoms in total. The number of nitrogens with zero attached hydrogens (tertiary/aromatic N) is 2. The van der Waals surface area contributed by atoms with Crippen LogP contribution >= 0.6 is 11.6 Å². The van der Waals surface area contributed by atoms with Gasteiger partial charge in [0, 0.05) is 19.3 Å². The van der Waals surface area contributed by atoms with Gasteiger partial charge < -0.3 is 4.90 Å². The minimum Gasteiger partial charge on any atom is -0.302 e. The number of aromatic nitrogens is 1. The van der Waals surface area contributed by atoms with Gasteiger partial charge >= 0.3 is 0 Å². The Kier molecular flexibility index (Phi) is 4.81. The van der Waals surface area contributed by atoms with E-state index in [1.54, 1.807) is 0 Å². The smallest absolute Gasteiger partial charge is 0.129 e. The van der Waals surface area contributed by atoms with Crippen molar-refractivity contribution in [1.82, 2.24) is 9.88 Å². The first-order valence-corrected chi connectivity index (χ1v) is 6.91. The Balaban J connectivity index is 1.79. The molecular formula is C14H21ClN2. The monoisotopic (exact) mass is 252 g/mol. The van der Waals surface area contributed by atoms with Gasteiger partial charge in [0.15, 0.2) is 0 Å². The van der Waals surface area contributed by atoms with Crippen LogP contribution in [-0.2, 0) is 6.54 Å². The molecule has 0 amide bonds. The van der Waals surface area contributed by atoms with Gasteiger partial charge in [-0.05, 0) is 37.4 Å². The van der Waals surface area contributed by atoms with E-state index >= 15 is 0 Å². The maximum Gasteiger partial charge on any atom is 0.129 e. The van der Waals surface area contributed by atoms with Gasteiger partial charge in [-0.3, -0.25) is 0 Å². The lowest BCUT2D eigenvalue weighted by atomic mass is 9.89. The van der Waals surface area contributed by atoms with E-state index in [4.69, 9.17) is 11.6 Å². The highest BCUT2D eigenvalue weighted by atomic mass is 35.5. The molecule has 0 unspecified atom stereocenters. The van der Waals surface area contributed by atoms with Crippen molar-refractivity contribution in [1.29, 1.82) is 0 Å². The molecule has 0 radical (unpaired) electrons. The Morgan fingerprint density at radius 3 is 2.71 bits per heavy atom. The number of hydrogen-bond donors (Lipinski definition) is 0. The fourth-order valence-electron chi connectivity index (χ4n) is 2.69.